The van der Waals surface area contributed by atoms with Gasteiger partial charge in [-0.15, -0.1) is 0 Å². The molecule has 0 N–H and O–H groups in total. The second kappa shape index (κ2) is 4.80. The highest BCUT2D eigenvalue weighted by Crippen LogP contribution is 2.16. The summed E-state index contributed by atoms with van der Waals surface area (Å²) in [6.45, 7) is 7.02. The van der Waals surface area contributed by atoms with E-state index >= 15 is 0 Å². The molecule has 0 amide bonds. The first-order valence-electron chi connectivity index (χ1n) is 5.08. The Morgan fingerprint density at radius 1 is 1.58 bits per heavy atom. The van der Waals surface area contributed by atoms with Gasteiger partial charge in [-0.05, 0) is 31.7 Å². The van der Waals surface area contributed by atoms with Crippen molar-refractivity contribution in [3.8, 4) is 0 Å². The van der Waals surface area contributed by atoms with Gasteiger partial charge in [0.15, 0.2) is 0 Å². The number of hydrogen-bond donors (Lipinski definition) is 0. The lowest BCUT2D eigenvalue weighted by molar-refractivity contribution is 0.137. The fourth-order valence-corrected chi connectivity index (χ4v) is 1.86. The lowest BCUT2D eigenvalue weighted by Gasteiger charge is -2.31. The molecule has 2 unspecified atom stereocenters. The molecule has 1 nitrogen and oxygen atoms in total. The maximum absolute atomic E-state index is 13.0. The van der Waals surface area contributed by atoms with E-state index in [1.165, 1.54) is 12.8 Å². The van der Waals surface area contributed by atoms with Gasteiger partial charge in [-0.1, -0.05) is 13.8 Å². The molecule has 2 heteroatoms. The van der Waals surface area contributed by atoms with Gasteiger partial charge < -0.3 is 4.90 Å². The van der Waals surface area contributed by atoms with E-state index in [0.717, 1.165) is 19.0 Å². The fraction of sp³-hybridized carbons (Fsp3) is 1.00. The van der Waals surface area contributed by atoms with Crippen molar-refractivity contribution in [1.29, 1.82) is 0 Å². The molecule has 0 aromatic heterocycles. The summed E-state index contributed by atoms with van der Waals surface area (Å²) in [7, 11) is 0. The number of nitrogens with zero attached hydrogens (tertiary/aromatic N) is 1. The normalized spacial score (nSPS) is 28.8. The molecule has 2 atom stereocenters. The van der Waals surface area contributed by atoms with E-state index in [9.17, 15) is 4.39 Å². The fourth-order valence-electron chi connectivity index (χ4n) is 1.86. The van der Waals surface area contributed by atoms with Gasteiger partial charge in [-0.25, -0.2) is 4.39 Å². The third-order valence-electron chi connectivity index (χ3n) is 2.64. The summed E-state index contributed by atoms with van der Waals surface area (Å²) in [4.78, 5) is 2.27. The third kappa shape index (κ3) is 3.10. The second-order valence-electron chi connectivity index (χ2n) is 4.01. The van der Waals surface area contributed by atoms with Gasteiger partial charge in [0.05, 0.1) is 0 Å². The van der Waals surface area contributed by atoms with Crippen molar-refractivity contribution < 1.29 is 4.39 Å². The summed E-state index contributed by atoms with van der Waals surface area (Å²) >= 11 is 0. The van der Waals surface area contributed by atoms with Crippen LogP contribution in [0.1, 0.15) is 33.1 Å². The molecule has 72 valence electrons. The van der Waals surface area contributed by atoms with Crippen LogP contribution in [0.4, 0.5) is 4.39 Å². The number of alkyl halides is 1. The van der Waals surface area contributed by atoms with Crippen molar-refractivity contribution in [2.75, 3.05) is 19.6 Å². The molecule has 0 aromatic carbocycles. The Bertz CT molecular complexity index is 127. The Kier molecular flexibility index (Phi) is 3.99. The highest BCUT2D eigenvalue weighted by Gasteiger charge is 2.18. The third-order valence-corrected chi connectivity index (χ3v) is 2.64. The number of rotatable bonds is 3. The van der Waals surface area contributed by atoms with Crippen molar-refractivity contribution in [2.24, 2.45) is 5.92 Å². The van der Waals surface area contributed by atoms with Crippen molar-refractivity contribution in [1.82, 2.24) is 4.90 Å². The molecule has 1 fully saturated rings. The molecule has 0 aromatic rings. The van der Waals surface area contributed by atoms with E-state index < -0.39 is 6.17 Å². The zero-order valence-corrected chi connectivity index (χ0v) is 8.22. The first-order valence-corrected chi connectivity index (χ1v) is 5.08. The number of likely N-dealkylation sites (tertiary alicyclic amines) is 1. The topological polar surface area (TPSA) is 3.24 Å². The van der Waals surface area contributed by atoms with Crippen LogP contribution in [0.15, 0.2) is 0 Å². The van der Waals surface area contributed by atoms with E-state index in [4.69, 9.17) is 0 Å². The molecule has 0 radical (unpaired) electrons. The van der Waals surface area contributed by atoms with Crippen LogP contribution in [-0.4, -0.2) is 30.7 Å². The molecule has 1 aliphatic heterocycles. The largest absolute Gasteiger partial charge is 0.300 e. The number of hydrogen-bond acceptors (Lipinski definition) is 1. The lowest BCUT2D eigenvalue weighted by atomic mass is 10.00. The van der Waals surface area contributed by atoms with Crippen molar-refractivity contribution in [3.05, 3.63) is 0 Å². The quantitative estimate of drug-likeness (QED) is 0.633. The predicted octanol–water partition coefficient (Wildman–Crippen LogP) is 2.47. The van der Waals surface area contributed by atoms with Gasteiger partial charge >= 0.3 is 0 Å². The first-order chi connectivity index (χ1) is 5.72. The molecule has 1 rings (SSSR count). The monoisotopic (exact) mass is 173 g/mol. The Labute approximate surface area is 74.9 Å². The van der Waals surface area contributed by atoms with E-state index in [1.807, 2.05) is 6.92 Å². The van der Waals surface area contributed by atoms with Gasteiger partial charge in [0, 0.05) is 13.1 Å². The zero-order chi connectivity index (χ0) is 8.97. The Morgan fingerprint density at radius 2 is 2.33 bits per heavy atom. The molecule has 0 spiro atoms. The van der Waals surface area contributed by atoms with Crippen LogP contribution in [-0.2, 0) is 0 Å². The van der Waals surface area contributed by atoms with E-state index in [-0.39, 0.29) is 0 Å². The first kappa shape index (κ1) is 9.97. The number of piperidine rings is 1. The molecule has 1 aliphatic rings. The van der Waals surface area contributed by atoms with Crippen molar-refractivity contribution in [3.63, 3.8) is 0 Å². The highest BCUT2D eigenvalue weighted by molar-refractivity contribution is 4.72. The molecule has 1 saturated heterocycles. The summed E-state index contributed by atoms with van der Waals surface area (Å²) in [5.74, 6) is 0.766. The van der Waals surface area contributed by atoms with Crippen LogP contribution in [0, 0.1) is 5.92 Å². The van der Waals surface area contributed by atoms with Crippen LogP contribution < -0.4 is 0 Å². The van der Waals surface area contributed by atoms with Gasteiger partial charge in [-0.3, -0.25) is 0 Å². The molecular weight excluding hydrogens is 153 g/mol. The van der Waals surface area contributed by atoms with Gasteiger partial charge in [0.25, 0.3) is 0 Å². The average Bonchev–Trinajstić information content (AvgIpc) is 2.04. The molecule has 0 bridgehead atoms. The smallest absolute Gasteiger partial charge is 0.112 e. The Balaban J connectivity index is 2.22. The molecule has 12 heavy (non-hydrogen) atoms. The van der Waals surface area contributed by atoms with Gasteiger partial charge in [0.2, 0.25) is 0 Å². The SMILES string of the molecule is CCC(F)CN1CCCC(C)C1. The summed E-state index contributed by atoms with van der Waals surface area (Å²) in [5.41, 5.74) is 0. The minimum absolute atomic E-state index is 0.615. The van der Waals surface area contributed by atoms with Crippen LogP contribution in [0.5, 0.6) is 0 Å². The Morgan fingerprint density at radius 3 is 2.92 bits per heavy atom. The minimum Gasteiger partial charge on any atom is -0.300 e. The van der Waals surface area contributed by atoms with Crippen LogP contribution in [0.2, 0.25) is 0 Å². The molecule has 0 aliphatic carbocycles. The van der Waals surface area contributed by atoms with Crippen molar-refractivity contribution in [2.45, 2.75) is 39.3 Å². The average molecular weight is 173 g/mol. The maximum Gasteiger partial charge on any atom is 0.112 e. The summed E-state index contributed by atoms with van der Waals surface area (Å²) in [5, 5.41) is 0. The highest BCUT2D eigenvalue weighted by atomic mass is 19.1. The molecule has 1 heterocycles. The van der Waals surface area contributed by atoms with Crippen LogP contribution in [0.3, 0.4) is 0 Å². The van der Waals surface area contributed by atoms with Gasteiger partial charge in [-0.2, -0.15) is 0 Å². The standard InChI is InChI=1S/C10H20FN/c1-3-10(11)8-12-6-4-5-9(2)7-12/h9-10H,3-8H2,1-2H3. The molecular formula is C10H20FN. The van der Waals surface area contributed by atoms with E-state index in [0.29, 0.717) is 13.0 Å². The van der Waals surface area contributed by atoms with Gasteiger partial charge in [0.1, 0.15) is 6.17 Å². The summed E-state index contributed by atoms with van der Waals surface area (Å²) in [6.07, 6.45) is 2.61. The maximum atomic E-state index is 13.0. The van der Waals surface area contributed by atoms with E-state index in [1.54, 1.807) is 0 Å². The Hall–Kier alpha value is -0.110. The van der Waals surface area contributed by atoms with Crippen LogP contribution in [0.25, 0.3) is 0 Å². The second-order valence-corrected chi connectivity index (χ2v) is 4.01. The molecule has 0 saturated carbocycles. The predicted molar refractivity (Wildman–Crippen MR) is 50.0 cm³/mol. The van der Waals surface area contributed by atoms with Crippen LogP contribution >= 0.6 is 0 Å². The number of halogens is 1. The van der Waals surface area contributed by atoms with Crippen molar-refractivity contribution >= 4 is 0 Å². The lowest BCUT2D eigenvalue weighted by Crippen LogP contribution is -2.38. The summed E-state index contributed by atoms with van der Waals surface area (Å²) in [6, 6.07) is 0. The summed E-state index contributed by atoms with van der Waals surface area (Å²) < 4.78 is 13.0. The minimum atomic E-state index is -0.615. The zero-order valence-electron chi connectivity index (χ0n) is 8.22. The van der Waals surface area contributed by atoms with E-state index in [2.05, 4.69) is 11.8 Å².